The Bertz CT molecular complexity index is 455. The van der Waals surface area contributed by atoms with Gasteiger partial charge in [-0.2, -0.15) is 11.8 Å². The molecule has 0 aliphatic rings. The van der Waals surface area contributed by atoms with Crippen LogP contribution in [0.4, 0.5) is 5.69 Å². The molecule has 0 amide bonds. The lowest BCUT2D eigenvalue weighted by molar-refractivity contribution is -0.385. The second-order valence-electron chi connectivity index (χ2n) is 4.56. The molecular weight excluding hydrogens is 288 g/mol. The second-order valence-corrected chi connectivity index (χ2v) is 5.87. The third-order valence-corrected chi connectivity index (χ3v) is 3.67. The van der Waals surface area contributed by atoms with Gasteiger partial charge in [0.05, 0.1) is 10.5 Å². The van der Waals surface area contributed by atoms with Gasteiger partial charge in [0.15, 0.2) is 0 Å². The molecule has 106 valence electrons. The summed E-state index contributed by atoms with van der Waals surface area (Å²) in [5.41, 5.74) is -0.292. The van der Waals surface area contributed by atoms with Gasteiger partial charge in [-0.05, 0) is 25.3 Å². The van der Waals surface area contributed by atoms with E-state index in [1.807, 2.05) is 6.26 Å². The van der Waals surface area contributed by atoms with Crippen molar-refractivity contribution in [3.8, 4) is 0 Å². The molecule has 0 aromatic heterocycles. The van der Waals surface area contributed by atoms with Crippen molar-refractivity contribution in [1.29, 1.82) is 0 Å². The zero-order valence-electron chi connectivity index (χ0n) is 10.9. The van der Waals surface area contributed by atoms with E-state index in [0.29, 0.717) is 29.4 Å². The van der Waals surface area contributed by atoms with E-state index in [2.05, 4.69) is 5.32 Å². The highest BCUT2D eigenvalue weighted by Crippen LogP contribution is 2.23. The van der Waals surface area contributed by atoms with Crippen molar-refractivity contribution in [1.82, 2.24) is 5.32 Å². The Hall–Kier alpha value is -0.820. The predicted octanol–water partition coefficient (Wildman–Crippen LogP) is 2.45. The molecule has 0 radical (unpaired) electrons. The molecule has 0 heterocycles. The largest absolute Gasteiger partial charge is 0.388 e. The van der Waals surface area contributed by atoms with Crippen LogP contribution in [-0.4, -0.2) is 34.2 Å². The molecule has 2 N–H and O–H groups in total. The number of rotatable bonds is 7. The van der Waals surface area contributed by atoms with E-state index in [1.54, 1.807) is 30.8 Å². The summed E-state index contributed by atoms with van der Waals surface area (Å²) in [6, 6.07) is 4.57. The minimum absolute atomic E-state index is 0.00971. The maximum atomic E-state index is 10.9. The highest BCUT2D eigenvalue weighted by Gasteiger charge is 2.20. The minimum Gasteiger partial charge on any atom is -0.388 e. The fourth-order valence-electron chi connectivity index (χ4n) is 1.68. The first-order valence-corrected chi connectivity index (χ1v) is 7.48. The first kappa shape index (κ1) is 16.2. The lowest BCUT2D eigenvalue weighted by atomic mass is 10.1. The molecule has 0 aliphatic heterocycles. The van der Waals surface area contributed by atoms with Crippen molar-refractivity contribution in [3.63, 3.8) is 0 Å². The molecule has 0 saturated carbocycles. The summed E-state index contributed by atoms with van der Waals surface area (Å²) in [7, 11) is 0. The van der Waals surface area contributed by atoms with E-state index in [1.165, 1.54) is 6.07 Å². The Morgan fingerprint density at radius 1 is 1.58 bits per heavy atom. The molecule has 0 fully saturated rings. The van der Waals surface area contributed by atoms with Gasteiger partial charge in [0.2, 0.25) is 0 Å². The number of nitrogens with one attached hydrogen (secondary N) is 1. The van der Waals surface area contributed by atoms with Crippen LogP contribution in [-0.2, 0) is 6.54 Å². The van der Waals surface area contributed by atoms with E-state index >= 15 is 0 Å². The number of hydrogen-bond acceptors (Lipinski definition) is 5. The molecule has 1 rings (SSSR count). The van der Waals surface area contributed by atoms with Gasteiger partial charge in [0, 0.05) is 35.5 Å². The number of halogens is 1. The van der Waals surface area contributed by atoms with Gasteiger partial charge in [0.25, 0.3) is 5.69 Å². The van der Waals surface area contributed by atoms with E-state index in [4.69, 9.17) is 11.6 Å². The van der Waals surface area contributed by atoms with Crippen LogP contribution in [0.25, 0.3) is 0 Å². The topological polar surface area (TPSA) is 75.4 Å². The third kappa shape index (κ3) is 5.36. The fourth-order valence-corrected chi connectivity index (χ4v) is 2.58. The van der Waals surface area contributed by atoms with E-state index < -0.39 is 10.5 Å². The molecular formula is C12H17ClN2O3S. The van der Waals surface area contributed by atoms with Crippen LogP contribution in [0.1, 0.15) is 12.5 Å². The van der Waals surface area contributed by atoms with Crippen molar-refractivity contribution in [3.05, 3.63) is 38.9 Å². The van der Waals surface area contributed by atoms with Crippen LogP contribution in [0, 0.1) is 10.1 Å². The quantitative estimate of drug-likeness (QED) is 0.598. The SMILES string of the molecule is CSCC(C)(O)CNCc1ccc(Cl)cc1[N+](=O)[O-]. The Kier molecular flexibility index (Phi) is 6.06. The summed E-state index contributed by atoms with van der Waals surface area (Å²) < 4.78 is 0. The summed E-state index contributed by atoms with van der Waals surface area (Å²) in [5, 5.41) is 24.2. The van der Waals surface area contributed by atoms with Crippen molar-refractivity contribution in [2.45, 2.75) is 19.1 Å². The number of nitro benzene ring substituents is 1. The first-order valence-electron chi connectivity index (χ1n) is 5.70. The van der Waals surface area contributed by atoms with Crippen LogP contribution in [0.15, 0.2) is 18.2 Å². The van der Waals surface area contributed by atoms with Gasteiger partial charge >= 0.3 is 0 Å². The molecule has 5 nitrogen and oxygen atoms in total. The van der Waals surface area contributed by atoms with Gasteiger partial charge < -0.3 is 10.4 Å². The monoisotopic (exact) mass is 304 g/mol. The normalized spacial score (nSPS) is 14.1. The van der Waals surface area contributed by atoms with Crippen LogP contribution in [0.2, 0.25) is 5.02 Å². The maximum Gasteiger partial charge on any atom is 0.275 e. The minimum atomic E-state index is -0.833. The lowest BCUT2D eigenvalue weighted by Crippen LogP contribution is -2.39. The zero-order chi connectivity index (χ0) is 14.5. The number of aliphatic hydroxyl groups is 1. The van der Waals surface area contributed by atoms with Crippen molar-refractivity contribution in [2.24, 2.45) is 0 Å². The Balaban J connectivity index is 2.66. The van der Waals surface area contributed by atoms with E-state index in [0.717, 1.165) is 0 Å². The van der Waals surface area contributed by atoms with E-state index in [-0.39, 0.29) is 5.69 Å². The summed E-state index contributed by atoms with van der Waals surface area (Å²) in [6.45, 7) is 2.42. The maximum absolute atomic E-state index is 10.9. The average molecular weight is 305 g/mol. The molecule has 1 unspecified atom stereocenters. The average Bonchev–Trinajstić information content (AvgIpc) is 2.30. The number of hydrogen-bond donors (Lipinski definition) is 2. The van der Waals surface area contributed by atoms with Gasteiger partial charge in [-0.1, -0.05) is 11.6 Å². The summed E-state index contributed by atoms with van der Waals surface area (Å²) in [5.74, 6) is 0.600. The molecule has 0 bridgehead atoms. The summed E-state index contributed by atoms with van der Waals surface area (Å²) in [6.07, 6.45) is 1.92. The van der Waals surface area contributed by atoms with Gasteiger partial charge in [0.1, 0.15) is 0 Å². The third-order valence-electron chi connectivity index (χ3n) is 2.52. The molecule has 1 aromatic carbocycles. The Labute approximate surface area is 121 Å². The molecule has 0 saturated heterocycles. The molecule has 1 aromatic rings. The number of nitro groups is 1. The number of thioether (sulfide) groups is 1. The smallest absolute Gasteiger partial charge is 0.275 e. The van der Waals surface area contributed by atoms with Gasteiger partial charge in [-0.25, -0.2) is 0 Å². The van der Waals surface area contributed by atoms with Gasteiger partial charge in [-0.3, -0.25) is 10.1 Å². The molecule has 7 heteroatoms. The zero-order valence-corrected chi connectivity index (χ0v) is 12.4. The van der Waals surface area contributed by atoms with Crippen molar-refractivity contribution < 1.29 is 10.0 Å². The Morgan fingerprint density at radius 3 is 2.84 bits per heavy atom. The second kappa shape index (κ2) is 7.09. The fraction of sp³-hybridized carbons (Fsp3) is 0.500. The molecule has 0 aliphatic carbocycles. The highest BCUT2D eigenvalue weighted by atomic mass is 35.5. The summed E-state index contributed by atoms with van der Waals surface area (Å²) >= 11 is 7.29. The highest BCUT2D eigenvalue weighted by molar-refractivity contribution is 7.98. The van der Waals surface area contributed by atoms with Crippen LogP contribution < -0.4 is 5.32 Å². The number of benzene rings is 1. The lowest BCUT2D eigenvalue weighted by Gasteiger charge is -2.22. The first-order chi connectivity index (χ1) is 8.85. The molecule has 0 spiro atoms. The van der Waals surface area contributed by atoms with Gasteiger partial charge in [-0.15, -0.1) is 0 Å². The summed E-state index contributed by atoms with van der Waals surface area (Å²) in [4.78, 5) is 10.4. The molecule has 1 atom stereocenters. The van der Waals surface area contributed by atoms with E-state index in [9.17, 15) is 15.2 Å². The van der Waals surface area contributed by atoms with Crippen LogP contribution in [0.3, 0.4) is 0 Å². The Morgan fingerprint density at radius 2 is 2.26 bits per heavy atom. The molecule has 19 heavy (non-hydrogen) atoms. The standard InChI is InChI=1S/C12H17ClN2O3S/c1-12(16,8-19-2)7-14-6-9-3-4-10(13)5-11(9)15(17)18/h3-5,14,16H,6-8H2,1-2H3. The van der Waals surface area contributed by atoms with Crippen molar-refractivity contribution >= 4 is 29.1 Å². The predicted molar refractivity (Wildman–Crippen MR) is 78.8 cm³/mol. The van der Waals surface area contributed by atoms with Crippen molar-refractivity contribution in [2.75, 3.05) is 18.6 Å². The number of nitrogens with zero attached hydrogens (tertiary/aromatic N) is 1. The van der Waals surface area contributed by atoms with Crippen LogP contribution >= 0.6 is 23.4 Å². The van der Waals surface area contributed by atoms with Crippen LogP contribution in [0.5, 0.6) is 0 Å².